The average Bonchev–Trinajstić information content (AvgIpc) is 3.84. The Labute approximate surface area is 344 Å². The van der Waals surface area contributed by atoms with Gasteiger partial charge in [0.05, 0.1) is 27.6 Å². The van der Waals surface area contributed by atoms with Gasteiger partial charge in [-0.05, 0) is 63.0 Å². The van der Waals surface area contributed by atoms with Crippen LogP contribution in [0.15, 0.2) is 150 Å². The number of aromatic nitrogens is 3. The van der Waals surface area contributed by atoms with Crippen molar-refractivity contribution in [3.63, 3.8) is 0 Å². The van der Waals surface area contributed by atoms with Crippen molar-refractivity contribution in [2.75, 3.05) is 0 Å². The normalized spacial score (nSPS) is 12.1. The van der Waals surface area contributed by atoms with E-state index in [1.165, 1.54) is 54.6 Å². The second-order valence-corrected chi connectivity index (χ2v) is 16.2. The lowest BCUT2D eigenvalue weighted by atomic mass is 9.59. The lowest BCUT2D eigenvalue weighted by molar-refractivity contribution is 0.677. The molecule has 4 nitrogen and oxygen atoms in total. The van der Waals surface area contributed by atoms with Gasteiger partial charge >= 0.3 is 0 Å². The Kier molecular flexibility index (Phi) is 7.23. The fourth-order valence-corrected chi connectivity index (χ4v) is 10.1. The molecule has 59 heavy (non-hydrogen) atoms. The highest BCUT2D eigenvalue weighted by Gasteiger charge is 2.24. The Morgan fingerprint density at radius 2 is 1.00 bits per heavy atom. The predicted octanol–water partition coefficient (Wildman–Crippen LogP) is 4.71. The van der Waals surface area contributed by atoms with Gasteiger partial charge in [-0.3, -0.25) is 4.57 Å². The second-order valence-electron chi connectivity index (χ2n) is 16.2. The summed E-state index contributed by atoms with van der Waals surface area (Å²) in [6, 6.07) is 52.2. The highest BCUT2D eigenvalue weighted by atomic mass is 16.3. The summed E-state index contributed by atoms with van der Waals surface area (Å²) in [5, 5.41) is 12.4. The molecule has 0 radical (unpaired) electrons. The highest BCUT2D eigenvalue weighted by molar-refractivity contribution is 6.68. The van der Waals surface area contributed by atoms with E-state index in [2.05, 4.69) is 189 Å². The molecule has 0 fully saturated rings. The number of nitrogens with zero attached hydrogens (tertiary/aromatic N) is 3. The predicted molar refractivity (Wildman–Crippen MR) is 265 cm³/mol. The zero-order chi connectivity index (χ0) is 39.7. The van der Waals surface area contributed by atoms with Crippen LogP contribution in [0.1, 0.15) is 0 Å². The van der Waals surface area contributed by atoms with Crippen molar-refractivity contribution in [2.24, 2.45) is 0 Å². The maximum atomic E-state index is 7.11. The van der Waals surface area contributed by atoms with Gasteiger partial charge in [0.15, 0.2) is 0 Å². The third kappa shape index (κ3) is 4.73. The van der Waals surface area contributed by atoms with Crippen LogP contribution in [0.4, 0.5) is 0 Å². The SMILES string of the molecule is Bc1c(B)c(B)c(-c2cccc(-c3nc(-n4c5ccccc5c5c6oc7c8ccccc8c8ccccc8c7c6ccc54)nc4c3ccc3ccccc34)c2)c(B)c1B. The van der Waals surface area contributed by atoms with Gasteiger partial charge < -0.3 is 4.42 Å². The molecule has 3 aromatic heterocycles. The Bertz CT molecular complexity index is 3780. The van der Waals surface area contributed by atoms with Crippen molar-refractivity contribution >= 4 is 154 Å². The van der Waals surface area contributed by atoms with Crippen molar-refractivity contribution in [1.82, 2.24) is 14.5 Å². The number of para-hydroxylation sites is 1. The number of fused-ring (bicyclic) bond motifs is 15. The smallest absolute Gasteiger partial charge is 0.235 e. The van der Waals surface area contributed by atoms with E-state index in [-0.39, 0.29) is 0 Å². The van der Waals surface area contributed by atoms with Crippen LogP contribution < -0.4 is 27.3 Å². The Balaban J connectivity index is 1.18. The molecule has 12 aromatic rings. The molecule has 0 aliphatic heterocycles. The van der Waals surface area contributed by atoms with Crippen LogP contribution in [-0.4, -0.2) is 53.8 Å². The molecule has 0 saturated carbocycles. The van der Waals surface area contributed by atoms with Gasteiger partial charge in [0.2, 0.25) is 5.95 Å². The van der Waals surface area contributed by atoms with Crippen molar-refractivity contribution in [3.8, 4) is 28.3 Å². The summed E-state index contributed by atoms with van der Waals surface area (Å²) in [6.45, 7) is 0. The standard InChI is InChI=1S/C50H34B5N3O/c51-41-38(42(52)44(54)45(55)43(41)53)26-11-9-12-27(24-26)46-35-21-20-25-10-1-2-13-28(25)47(35)57-50(56-46)58-36-19-8-7-18-33(36)40-37(58)23-22-34-39-31-16-5-3-14-29(31)30-15-4-6-17-32(30)48(39)59-49(34)40/h1-24H,51-55H2. The summed E-state index contributed by atoms with van der Waals surface area (Å²) < 4.78 is 9.35. The van der Waals surface area contributed by atoms with Crippen LogP contribution in [-0.2, 0) is 0 Å². The van der Waals surface area contributed by atoms with Gasteiger partial charge in [0.25, 0.3) is 0 Å². The van der Waals surface area contributed by atoms with Gasteiger partial charge in [-0.15, -0.1) is 16.4 Å². The van der Waals surface area contributed by atoms with Crippen LogP contribution in [0.3, 0.4) is 0 Å². The summed E-state index contributed by atoms with van der Waals surface area (Å²) in [5.41, 5.74) is 15.9. The molecule has 0 N–H and O–H groups in total. The Hall–Kier alpha value is -6.98. The quantitative estimate of drug-likeness (QED) is 0.195. The third-order valence-corrected chi connectivity index (χ3v) is 13.4. The van der Waals surface area contributed by atoms with Gasteiger partial charge in [-0.2, -0.15) is 0 Å². The maximum absolute atomic E-state index is 7.11. The number of hydrogen-bond donors (Lipinski definition) is 0. The first-order valence-electron chi connectivity index (χ1n) is 20.4. The van der Waals surface area contributed by atoms with Crippen LogP contribution in [0.2, 0.25) is 0 Å². The zero-order valence-corrected chi connectivity index (χ0v) is 33.6. The molecular weight excluding hydrogens is 713 g/mol. The van der Waals surface area contributed by atoms with E-state index < -0.39 is 0 Å². The first-order chi connectivity index (χ1) is 28.9. The monoisotopic (exact) mass is 747 g/mol. The van der Waals surface area contributed by atoms with Crippen LogP contribution in [0.5, 0.6) is 0 Å². The lowest BCUT2D eigenvalue weighted by Crippen LogP contribution is -2.55. The lowest BCUT2D eigenvalue weighted by Gasteiger charge is -2.21. The molecule has 9 aromatic carbocycles. The zero-order valence-electron chi connectivity index (χ0n) is 33.6. The molecule has 12 rings (SSSR count). The third-order valence-electron chi connectivity index (χ3n) is 13.4. The van der Waals surface area contributed by atoms with Gasteiger partial charge in [0.1, 0.15) is 50.4 Å². The first-order valence-corrected chi connectivity index (χ1v) is 20.4. The summed E-state index contributed by atoms with van der Waals surface area (Å²) in [4.78, 5) is 11.1. The van der Waals surface area contributed by atoms with Crippen molar-refractivity contribution in [2.45, 2.75) is 0 Å². The fraction of sp³-hybridized carbons (Fsp3) is 0. The van der Waals surface area contributed by atoms with Gasteiger partial charge in [-0.25, -0.2) is 9.97 Å². The summed E-state index contributed by atoms with van der Waals surface area (Å²) in [5.74, 6) is 0.626. The molecule has 9 heteroatoms. The minimum absolute atomic E-state index is 0.626. The van der Waals surface area contributed by atoms with E-state index in [1.807, 2.05) is 0 Å². The Morgan fingerprint density at radius 1 is 0.407 bits per heavy atom. The minimum Gasteiger partial charge on any atom is -0.455 e. The van der Waals surface area contributed by atoms with Gasteiger partial charge in [0, 0.05) is 37.9 Å². The topological polar surface area (TPSA) is 43.9 Å². The molecule has 0 spiro atoms. The number of furan rings is 1. The largest absolute Gasteiger partial charge is 0.455 e. The molecule has 3 heterocycles. The molecule has 0 bridgehead atoms. The molecule has 0 saturated heterocycles. The second kappa shape index (κ2) is 12.5. The van der Waals surface area contributed by atoms with Crippen LogP contribution in [0, 0.1) is 0 Å². The van der Waals surface area contributed by atoms with Crippen molar-refractivity contribution in [1.29, 1.82) is 0 Å². The maximum Gasteiger partial charge on any atom is 0.235 e. The minimum atomic E-state index is 0.626. The van der Waals surface area contributed by atoms with E-state index in [4.69, 9.17) is 14.4 Å². The number of benzene rings is 9. The molecular formula is C50H34B5N3O. The van der Waals surface area contributed by atoms with Crippen LogP contribution in [0.25, 0.3) is 115 Å². The molecule has 270 valence electrons. The molecule has 0 aliphatic rings. The van der Waals surface area contributed by atoms with E-state index in [0.717, 1.165) is 82.1 Å². The van der Waals surface area contributed by atoms with E-state index >= 15 is 0 Å². The van der Waals surface area contributed by atoms with Crippen LogP contribution >= 0.6 is 0 Å². The summed E-state index contributed by atoms with van der Waals surface area (Å²) in [6.07, 6.45) is 0. The van der Waals surface area contributed by atoms with Gasteiger partial charge in [-0.1, -0.05) is 126 Å². The summed E-state index contributed by atoms with van der Waals surface area (Å²) in [7, 11) is 11.2. The first kappa shape index (κ1) is 34.1. The fourth-order valence-electron chi connectivity index (χ4n) is 10.1. The van der Waals surface area contributed by atoms with Crippen molar-refractivity contribution < 1.29 is 4.42 Å². The number of rotatable bonds is 3. The number of hydrogen-bond acceptors (Lipinski definition) is 3. The van der Waals surface area contributed by atoms with E-state index in [9.17, 15) is 0 Å². The average molecular weight is 747 g/mol. The summed E-state index contributed by atoms with van der Waals surface area (Å²) >= 11 is 0. The molecule has 0 unspecified atom stereocenters. The van der Waals surface area contributed by atoms with Crippen molar-refractivity contribution in [3.05, 3.63) is 146 Å². The van der Waals surface area contributed by atoms with E-state index in [1.54, 1.807) is 0 Å². The Morgan fingerprint density at radius 3 is 1.78 bits per heavy atom. The molecule has 0 aliphatic carbocycles. The molecule has 0 amide bonds. The highest BCUT2D eigenvalue weighted by Crippen LogP contribution is 2.45. The molecule has 0 atom stereocenters. The van der Waals surface area contributed by atoms with E-state index in [0.29, 0.717) is 5.95 Å².